The van der Waals surface area contributed by atoms with E-state index in [0.29, 0.717) is 34.4 Å². The van der Waals surface area contributed by atoms with Crippen molar-refractivity contribution in [1.29, 1.82) is 0 Å². The van der Waals surface area contributed by atoms with E-state index in [1.165, 1.54) is 13.2 Å². The number of fused-ring (bicyclic) bond motifs is 1. The molecule has 0 radical (unpaired) electrons. The second-order valence-corrected chi connectivity index (χ2v) is 8.25. The van der Waals surface area contributed by atoms with E-state index in [0.717, 1.165) is 33.4 Å². The Hall–Kier alpha value is -3.90. The lowest BCUT2D eigenvalue weighted by Gasteiger charge is -2.12. The number of halogens is 1. The number of allylic oxidation sites excluding steroid dienone is 1. The van der Waals surface area contributed by atoms with Crippen molar-refractivity contribution >= 4 is 39.7 Å². The molecule has 35 heavy (non-hydrogen) atoms. The quantitative estimate of drug-likeness (QED) is 0.264. The van der Waals surface area contributed by atoms with Gasteiger partial charge >= 0.3 is 0 Å². The van der Waals surface area contributed by atoms with Crippen molar-refractivity contribution in [3.05, 3.63) is 77.5 Å². The molecule has 3 aromatic carbocycles. The Morgan fingerprint density at radius 1 is 1.03 bits per heavy atom. The van der Waals surface area contributed by atoms with Crippen molar-refractivity contribution in [2.24, 2.45) is 0 Å². The predicted octanol–water partition coefficient (Wildman–Crippen LogP) is 7.21. The second-order valence-electron chi connectivity index (χ2n) is 7.82. The van der Waals surface area contributed by atoms with Crippen molar-refractivity contribution < 1.29 is 23.4 Å². The number of hydrogen-bond donors (Lipinski definition) is 1. The lowest BCUT2D eigenvalue weighted by Crippen LogP contribution is -2.10. The van der Waals surface area contributed by atoms with Gasteiger partial charge in [0.05, 0.1) is 32.8 Å². The number of ether oxygens (including phenoxy) is 3. The van der Waals surface area contributed by atoms with Gasteiger partial charge in [0, 0.05) is 33.7 Å². The van der Waals surface area contributed by atoms with Gasteiger partial charge in [0.15, 0.2) is 0 Å². The number of rotatable bonds is 8. The first kappa shape index (κ1) is 24.2. The number of nitrogens with one attached hydrogen (secondary N) is 1. The molecule has 0 saturated heterocycles. The van der Waals surface area contributed by atoms with Crippen molar-refractivity contribution in [1.82, 2.24) is 0 Å². The number of anilines is 1. The molecule has 0 atom stereocenters. The van der Waals surface area contributed by atoms with E-state index < -0.39 is 0 Å². The van der Waals surface area contributed by atoms with Crippen LogP contribution in [0.2, 0.25) is 5.02 Å². The minimum atomic E-state index is -0.312. The van der Waals surface area contributed by atoms with E-state index in [2.05, 4.69) is 5.32 Å². The summed E-state index contributed by atoms with van der Waals surface area (Å²) < 4.78 is 22.3. The van der Waals surface area contributed by atoms with Gasteiger partial charge in [0.2, 0.25) is 5.91 Å². The van der Waals surface area contributed by atoms with Gasteiger partial charge in [-0.25, -0.2) is 0 Å². The van der Waals surface area contributed by atoms with Crippen molar-refractivity contribution in [3.8, 4) is 28.4 Å². The van der Waals surface area contributed by atoms with Crippen molar-refractivity contribution in [2.75, 3.05) is 26.1 Å². The Morgan fingerprint density at radius 3 is 2.49 bits per heavy atom. The molecule has 0 unspecified atom stereocenters. The van der Waals surface area contributed by atoms with E-state index in [1.54, 1.807) is 31.6 Å². The van der Waals surface area contributed by atoms with Gasteiger partial charge in [-0.1, -0.05) is 23.7 Å². The number of carbonyl (C=O) groups excluding carboxylic acids is 1. The molecule has 6 nitrogen and oxygen atoms in total. The Morgan fingerprint density at radius 2 is 1.80 bits per heavy atom. The zero-order valence-corrected chi connectivity index (χ0v) is 20.7. The van der Waals surface area contributed by atoms with Crippen LogP contribution < -0.4 is 19.5 Å². The molecule has 1 heterocycles. The summed E-state index contributed by atoms with van der Waals surface area (Å²) in [7, 11) is 3.17. The van der Waals surface area contributed by atoms with E-state index in [4.69, 9.17) is 30.2 Å². The molecule has 0 fully saturated rings. The number of benzene rings is 3. The van der Waals surface area contributed by atoms with E-state index in [-0.39, 0.29) is 5.91 Å². The Balaban J connectivity index is 1.71. The number of methoxy groups -OCH3 is 2. The highest BCUT2D eigenvalue weighted by Gasteiger charge is 2.16. The van der Waals surface area contributed by atoms with Gasteiger partial charge in [0.1, 0.15) is 22.8 Å². The third-order valence-corrected chi connectivity index (χ3v) is 5.80. The van der Waals surface area contributed by atoms with E-state index >= 15 is 0 Å². The van der Waals surface area contributed by atoms with Gasteiger partial charge in [0.25, 0.3) is 0 Å². The van der Waals surface area contributed by atoms with Crippen LogP contribution in [0.5, 0.6) is 17.2 Å². The minimum Gasteiger partial charge on any atom is -0.497 e. The van der Waals surface area contributed by atoms with Crippen LogP contribution in [0.25, 0.3) is 27.7 Å². The number of amides is 1. The smallest absolute Gasteiger partial charge is 0.248 e. The number of carbonyl (C=O) groups is 1. The summed E-state index contributed by atoms with van der Waals surface area (Å²) in [6.45, 7) is 4.26. The summed E-state index contributed by atoms with van der Waals surface area (Å²) in [4.78, 5) is 12.8. The van der Waals surface area contributed by atoms with Crippen LogP contribution in [0.3, 0.4) is 0 Å². The lowest BCUT2D eigenvalue weighted by molar-refractivity contribution is -0.111. The Labute approximate surface area is 209 Å². The van der Waals surface area contributed by atoms with Crippen LogP contribution in [0.4, 0.5) is 5.69 Å². The average Bonchev–Trinajstić information content (AvgIpc) is 3.26. The molecule has 7 heteroatoms. The fourth-order valence-corrected chi connectivity index (χ4v) is 4.03. The normalized spacial score (nSPS) is 11.4. The monoisotopic (exact) mass is 491 g/mol. The molecule has 0 spiro atoms. The molecule has 1 aromatic heterocycles. The van der Waals surface area contributed by atoms with Crippen LogP contribution in [-0.2, 0) is 4.79 Å². The lowest BCUT2D eigenvalue weighted by atomic mass is 9.99. The summed E-state index contributed by atoms with van der Waals surface area (Å²) in [5.74, 6) is 1.63. The van der Waals surface area contributed by atoms with Gasteiger partial charge < -0.3 is 23.9 Å². The molecular formula is C28H26ClNO5. The molecule has 0 aliphatic heterocycles. The maximum Gasteiger partial charge on any atom is 0.248 e. The van der Waals surface area contributed by atoms with E-state index in [1.807, 2.05) is 50.2 Å². The molecule has 0 bridgehead atoms. The fraction of sp³-hybridized carbons (Fsp3) is 0.179. The molecule has 1 N–H and O–H groups in total. The van der Waals surface area contributed by atoms with Gasteiger partial charge in [-0.15, -0.1) is 0 Å². The molecular weight excluding hydrogens is 466 g/mol. The SMILES string of the molecule is CCOc1cc2occ(-c3ccc(OC)cc3)c2cc1/C(C)=C/C(=O)Nc1cc(Cl)ccc1OC. The van der Waals surface area contributed by atoms with Gasteiger partial charge in [-0.3, -0.25) is 4.79 Å². The summed E-state index contributed by atoms with van der Waals surface area (Å²) in [5.41, 5.74) is 4.65. The van der Waals surface area contributed by atoms with Crippen LogP contribution in [0.1, 0.15) is 19.4 Å². The first-order valence-corrected chi connectivity index (χ1v) is 11.5. The molecule has 4 aromatic rings. The zero-order chi connectivity index (χ0) is 24.9. The largest absolute Gasteiger partial charge is 0.497 e. The number of furan rings is 1. The molecule has 0 aliphatic carbocycles. The highest BCUT2D eigenvalue weighted by atomic mass is 35.5. The van der Waals surface area contributed by atoms with Crippen LogP contribution in [-0.4, -0.2) is 26.7 Å². The zero-order valence-electron chi connectivity index (χ0n) is 20.0. The summed E-state index contributed by atoms with van der Waals surface area (Å²) in [6, 6.07) is 16.7. The molecule has 4 rings (SSSR count). The first-order chi connectivity index (χ1) is 16.9. The maximum absolute atomic E-state index is 12.8. The van der Waals surface area contributed by atoms with Crippen LogP contribution in [0.15, 0.2) is 71.4 Å². The summed E-state index contributed by atoms with van der Waals surface area (Å²) in [6.07, 6.45) is 3.25. The Kier molecular flexibility index (Phi) is 7.32. The molecule has 0 aliphatic rings. The fourth-order valence-electron chi connectivity index (χ4n) is 3.85. The summed E-state index contributed by atoms with van der Waals surface area (Å²) in [5, 5.41) is 4.25. The molecule has 180 valence electrons. The average molecular weight is 492 g/mol. The van der Waals surface area contributed by atoms with Gasteiger partial charge in [-0.05, 0) is 61.4 Å². The minimum absolute atomic E-state index is 0.312. The van der Waals surface area contributed by atoms with Crippen LogP contribution >= 0.6 is 11.6 Å². The topological polar surface area (TPSA) is 69.9 Å². The Bertz CT molecular complexity index is 1390. The number of hydrogen-bond acceptors (Lipinski definition) is 5. The molecule has 0 saturated carbocycles. The highest BCUT2D eigenvalue weighted by molar-refractivity contribution is 6.31. The first-order valence-electron chi connectivity index (χ1n) is 11.1. The molecule has 1 amide bonds. The third kappa shape index (κ3) is 5.28. The predicted molar refractivity (Wildman–Crippen MR) is 140 cm³/mol. The van der Waals surface area contributed by atoms with Gasteiger partial charge in [-0.2, -0.15) is 0 Å². The van der Waals surface area contributed by atoms with Crippen molar-refractivity contribution in [2.45, 2.75) is 13.8 Å². The van der Waals surface area contributed by atoms with E-state index in [9.17, 15) is 4.79 Å². The van der Waals surface area contributed by atoms with Crippen molar-refractivity contribution in [3.63, 3.8) is 0 Å². The summed E-state index contributed by atoms with van der Waals surface area (Å²) >= 11 is 6.09. The highest BCUT2D eigenvalue weighted by Crippen LogP contribution is 2.38. The standard InChI is InChI=1S/C28H26ClNO5/c1-5-34-26-15-27-22(23(16-35-27)18-6-9-20(32-3)10-7-18)14-21(26)17(2)12-28(31)30-24-13-19(29)8-11-25(24)33-4/h6-16H,5H2,1-4H3,(H,30,31)/b17-12+. The second kappa shape index (κ2) is 10.6. The van der Waals surface area contributed by atoms with Crippen LogP contribution in [0, 0.1) is 0 Å². The maximum atomic E-state index is 12.8. The third-order valence-electron chi connectivity index (χ3n) is 5.57.